The molecular weight excluding hydrogens is 496 g/mol. The van der Waals surface area contributed by atoms with Crippen molar-refractivity contribution in [1.29, 1.82) is 5.26 Å². The van der Waals surface area contributed by atoms with E-state index in [4.69, 9.17) is 15.0 Å². The maximum atomic E-state index is 13.3. The molecule has 1 aromatic carbocycles. The average molecular weight is 529 g/mol. The molecule has 0 unspecified atom stereocenters. The van der Waals surface area contributed by atoms with Gasteiger partial charge in [-0.2, -0.15) is 5.26 Å². The van der Waals surface area contributed by atoms with E-state index in [9.17, 15) is 9.59 Å². The molecule has 3 saturated heterocycles. The smallest absolute Gasteiger partial charge is 0.411 e. The Labute approximate surface area is 220 Å². The van der Waals surface area contributed by atoms with Crippen LogP contribution < -0.4 is 4.90 Å². The van der Waals surface area contributed by atoms with Gasteiger partial charge in [-0.1, -0.05) is 11.3 Å². The number of piperazine rings is 1. The SMILES string of the molecule is CC(C)(C)OC(=O)N1C[C@@H](N2CCN(c3nc4ccc(C#N)cc4s3)CC2)C[C@H]1C(=O)N1CCSC1. The number of carbonyl (C=O) groups is 2. The Morgan fingerprint density at radius 1 is 1.17 bits per heavy atom. The van der Waals surface area contributed by atoms with E-state index in [1.807, 2.05) is 37.8 Å². The molecule has 5 rings (SSSR count). The highest BCUT2D eigenvalue weighted by molar-refractivity contribution is 7.99. The molecule has 3 fully saturated rings. The van der Waals surface area contributed by atoms with Crippen molar-refractivity contribution in [2.24, 2.45) is 0 Å². The Hall–Kier alpha value is -2.55. The largest absolute Gasteiger partial charge is 0.444 e. The van der Waals surface area contributed by atoms with E-state index in [1.54, 1.807) is 34.1 Å². The topological polar surface area (TPSA) is 93.0 Å². The Morgan fingerprint density at radius 2 is 1.94 bits per heavy atom. The number of nitriles is 1. The van der Waals surface area contributed by atoms with Gasteiger partial charge in [-0.15, -0.1) is 11.8 Å². The zero-order valence-electron chi connectivity index (χ0n) is 21.0. The monoisotopic (exact) mass is 528 g/mol. The number of carbonyl (C=O) groups excluding carboxylic acids is 2. The minimum atomic E-state index is -0.608. The summed E-state index contributed by atoms with van der Waals surface area (Å²) < 4.78 is 6.70. The molecule has 11 heteroatoms. The van der Waals surface area contributed by atoms with Crippen molar-refractivity contribution in [3.63, 3.8) is 0 Å². The molecule has 0 spiro atoms. The first-order chi connectivity index (χ1) is 17.2. The van der Waals surface area contributed by atoms with Crippen molar-refractivity contribution in [3.8, 4) is 6.07 Å². The van der Waals surface area contributed by atoms with Gasteiger partial charge in [-0.05, 0) is 45.4 Å². The fourth-order valence-electron chi connectivity index (χ4n) is 5.03. The Kier molecular flexibility index (Phi) is 7.03. The predicted octanol–water partition coefficient (Wildman–Crippen LogP) is 3.20. The molecule has 0 saturated carbocycles. The molecule has 0 bridgehead atoms. The van der Waals surface area contributed by atoms with E-state index in [0.717, 1.165) is 53.8 Å². The number of fused-ring (bicyclic) bond motifs is 1. The first-order valence-corrected chi connectivity index (χ1v) is 14.3. The van der Waals surface area contributed by atoms with E-state index in [-0.39, 0.29) is 11.9 Å². The standard InChI is InChI=1S/C25H32N6O3S2/c1-25(2,3)34-24(33)31-15-18(13-20(31)22(32)30-10-11-35-16-30)28-6-8-29(9-7-28)23-27-19-5-4-17(14-26)12-21(19)36-23/h4-5,12,18,20H,6-11,13,15-16H2,1-3H3/t18-,20-/m0/s1. The van der Waals surface area contributed by atoms with Gasteiger partial charge in [0.25, 0.3) is 0 Å². The number of hydrogen-bond acceptors (Lipinski definition) is 9. The van der Waals surface area contributed by atoms with Crippen LogP contribution in [0.25, 0.3) is 10.2 Å². The van der Waals surface area contributed by atoms with Crippen LogP contribution in [0.2, 0.25) is 0 Å². The maximum Gasteiger partial charge on any atom is 0.411 e. The number of ether oxygens (including phenoxy) is 1. The number of thioether (sulfide) groups is 1. The van der Waals surface area contributed by atoms with E-state index in [1.165, 1.54) is 0 Å². The molecule has 3 aliphatic heterocycles. The Morgan fingerprint density at radius 3 is 2.61 bits per heavy atom. The van der Waals surface area contributed by atoms with Crippen LogP contribution in [0.15, 0.2) is 18.2 Å². The molecule has 4 heterocycles. The van der Waals surface area contributed by atoms with Crippen molar-refractivity contribution >= 4 is 50.4 Å². The van der Waals surface area contributed by atoms with Crippen LogP contribution in [0.3, 0.4) is 0 Å². The average Bonchev–Trinajstić information content (AvgIpc) is 3.61. The van der Waals surface area contributed by atoms with E-state index in [2.05, 4.69) is 15.9 Å². The van der Waals surface area contributed by atoms with Crippen LogP contribution in [0.1, 0.15) is 32.8 Å². The van der Waals surface area contributed by atoms with Gasteiger partial charge in [-0.25, -0.2) is 9.78 Å². The number of benzene rings is 1. The van der Waals surface area contributed by atoms with Crippen LogP contribution >= 0.6 is 23.1 Å². The summed E-state index contributed by atoms with van der Waals surface area (Å²) in [6.45, 7) is 10.1. The Bertz CT molecular complexity index is 1170. The van der Waals surface area contributed by atoms with E-state index in [0.29, 0.717) is 24.4 Å². The molecule has 3 aliphatic rings. The van der Waals surface area contributed by atoms with Crippen LogP contribution in [-0.2, 0) is 9.53 Å². The number of aromatic nitrogens is 1. The normalized spacial score (nSPS) is 23.3. The number of anilines is 1. The summed E-state index contributed by atoms with van der Waals surface area (Å²) in [5.74, 6) is 1.68. The van der Waals surface area contributed by atoms with Crippen molar-refractivity contribution in [2.45, 2.75) is 44.9 Å². The lowest BCUT2D eigenvalue weighted by Crippen LogP contribution is -2.51. The highest BCUT2D eigenvalue weighted by Gasteiger charge is 2.45. The zero-order chi connectivity index (χ0) is 25.4. The number of rotatable bonds is 3. The molecule has 192 valence electrons. The van der Waals surface area contributed by atoms with Gasteiger partial charge in [0.2, 0.25) is 5.91 Å². The van der Waals surface area contributed by atoms with Crippen molar-refractivity contribution in [2.75, 3.05) is 55.8 Å². The number of hydrogen-bond donors (Lipinski definition) is 0. The quantitative estimate of drug-likeness (QED) is 0.600. The molecule has 1 aromatic heterocycles. The predicted molar refractivity (Wildman–Crippen MR) is 142 cm³/mol. The second kappa shape index (κ2) is 10.1. The van der Waals surface area contributed by atoms with Crippen LogP contribution in [-0.4, -0.2) is 100 Å². The van der Waals surface area contributed by atoms with Crippen LogP contribution in [0.4, 0.5) is 9.93 Å². The third kappa shape index (κ3) is 5.26. The summed E-state index contributed by atoms with van der Waals surface area (Å²) >= 11 is 3.37. The first kappa shape index (κ1) is 25.1. The minimum absolute atomic E-state index is 0.0400. The van der Waals surface area contributed by atoms with Gasteiger partial charge in [0.15, 0.2) is 5.13 Å². The summed E-state index contributed by atoms with van der Waals surface area (Å²) in [4.78, 5) is 39.4. The number of nitrogens with zero attached hydrogens (tertiary/aromatic N) is 6. The van der Waals surface area contributed by atoms with Crippen LogP contribution in [0, 0.1) is 11.3 Å². The molecule has 0 aliphatic carbocycles. The number of amides is 2. The first-order valence-electron chi connectivity index (χ1n) is 12.4. The van der Waals surface area contributed by atoms with Gasteiger partial charge < -0.3 is 14.5 Å². The summed E-state index contributed by atoms with van der Waals surface area (Å²) in [6, 6.07) is 7.45. The van der Waals surface area contributed by atoms with Gasteiger partial charge in [0, 0.05) is 51.1 Å². The van der Waals surface area contributed by atoms with Crippen LogP contribution in [0.5, 0.6) is 0 Å². The zero-order valence-corrected chi connectivity index (χ0v) is 22.6. The van der Waals surface area contributed by atoms with Gasteiger partial charge in [0.1, 0.15) is 11.6 Å². The Balaban J connectivity index is 1.26. The fraction of sp³-hybridized carbons (Fsp3) is 0.600. The molecule has 2 atom stereocenters. The fourth-order valence-corrected chi connectivity index (χ4v) is 7.04. The minimum Gasteiger partial charge on any atom is -0.444 e. The van der Waals surface area contributed by atoms with Crippen molar-refractivity contribution in [1.82, 2.24) is 19.7 Å². The number of thiazole rings is 1. The van der Waals surface area contributed by atoms with E-state index < -0.39 is 17.7 Å². The molecule has 9 nitrogen and oxygen atoms in total. The summed E-state index contributed by atoms with van der Waals surface area (Å²) in [6.07, 6.45) is 0.233. The maximum absolute atomic E-state index is 13.3. The lowest BCUT2D eigenvalue weighted by atomic mass is 10.1. The van der Waals surface area contributed by atoms with Crippen molar-refractivity contribution in [3.05, 3.63) is 23.8 Å². The second-order valence-corrected chi connectivity index (χ2v) is 12.6. The highest BCUT2D eigenvalue weighted by atomic mass is 32.2. The lowest BCUT2D eigenvalue weighted by molar-refractivity contribution is -0.134. The molecule has 2 amide bonds. The third-order valence-corrected chi connectivity index (χ3v) is 8.91. The third-order valence-electron chi connectivity index (χ3n) is 6.86. The molecule has 0 N–H and O–H groups in total. The molecular formula is C25H32N6O3S2. The van der Waals surface area contributed by atoms with E-state index >= 15 is 0 Å². The summed E-state index contributed by atoms with van der Waals surface area (Å²) in [7, 11) is 0. The van der Waals surface area contributed by atoms with Gasteiger partial charge in [-0.3, -0.25) is 14.6 Å². The molecule has 0 radical (unpaired) electrons. The lowest BCUT2D eigenvalue weighted by Gasteiger charge is -2.37. The molecule has 2 aromatic rings. The number of likely N-dealkylation sites (tertiary alicyclic amines) is 1. The summed E-state index contributed by atoms with van der Waals surface area (Å²) in [5, 5.41) is 10.1. The molecule has 36 heavy (non-hydrogen) atoms. The summed E-state index contributed by atoms with van der Waals surface area (Å²) in [5.41, 5.74) is 0.958. The van der Waals surface area contributed by atoms with Gasteiger partial charge in [0.05, 0.1) is 27.7 Å². The van der Waals surface area contributed by atoms with Gasteiger partial charge >= 0.3 is 6.09 Å². The second-order valence-electron chi connectivity index (χ2n) is 10.5. The highest BCUT2D eigenvalue weighted by Crippen LogP contribution is 2.32. The van der Waals surface area contributed by atoms with Crippen molar-refractivity contribution < 1.29 is 14.3 Å².